The molecule has 1 heterocycles. The first-order valence-electron chi connectivity index (χ1n) is 11.8. The molecule has 0 atom stereocenters. The van der Waals surface area contributed by atoms with Crippen LogP contribution in [0.3, 0.4) is 0 Å². The molecule has 0 spiro atoms. The van der Waals surface area contributed by atoms with Gasteiger partial charge in [0.1, 0.15) is 5.82 Å². The number of hydrogen-bond acceptors (Lipinski definition) is 6. The Labute approximate surface area is 216 Å². The number of sulfonamides is 1. The van der Waals surface area contributed by atoms with Crippen molar-refractivity contribution < 1.29 is 27.1 Å². The first-order chi connectivity index (χ1) is 17.7. The summed E-state index contributed by atoms with van der Waals surface area (Å²) in [7, 11) is -0.846. The highest BCUT2D eigenvalue weighted by Crippen LogP contribution is 2.37. The fourth-order valence-corrected chi connectivity index (χ4v) is 5.26. The number of amides is 1. The summed E-state index contributed by atoms with van der Waals surface area (Å²) in [5.41, 5.74) is 2.07. The van der Waals surface area contributed by atoms with Crippen LogP contribution in [0.15, 0.2) is 66.7 Å². The molecule has 0 radical (unpaired) electrons. The number of nitrogens with zero attached hydrogens (tertiary/aromatic N) is 3. The fourth-order valence-electron chi connectivity index (χ4n) is 4.37. The van der Waals surface area contributed by atoms with Gasteiger partial charge in [0, 0.05) is 37.9 Å². The van der Waals surface area contributed by atoms with Crippen LogP contribution in [0, 0.1) is 5.82 Å². The molecule has 3 aromatic rings. The minimum absolute atomic E-state index is 0.0494. The molecule has 0 aliphatic carbocycles. The Hall–Kier alpha value is -3.79. The highest BCUT2D eigenvalue weighted by atomic mass is 32.2. The molecular weight excluding hydrogens is 497 g/mol. The van der Waals surface area contributed by atoms with Crippen LogP contribution in [0.25, 0.3) is 0 Å². The Balaban J connectivity index is 1.67. The summed E-state index contributed by atoms with van der Waals surface area (Å²) < 4.78 is 51.3. The number of halogens is 1. The number of carbonyl (C=O) groups excluding carboxylic acids is 1. The van der Waals surface area contributed by atoms with Gasteiger partial charge >= 0.3 is 0 Å². The predicted molar refractivity (Wildman–Crippen MR) is 142 cm³/mol. The van der Waals surface area contributed by atoms with E-state index in [0.29, 0.717) is 37.7 Å². The van der Waals surface area contributed by atoms with E-state index in [1.54, 1.807) is 17.0 Å². The predicted octanol–water partition coefficient (Wildman–Crippen LogP) is 3.77. The number of anilines is 2. The van der Waals surface area contributed by atoms with Crippen LogP contribution in [-0.2, 0) is 16.6 Å². The Bertz CT molecular complexity index is 1340. The molecule has 0 N–H and O–H groups in total. The van der Waals surface area contributed by atoms with E-state index in [2.05, 4.69) is 4.90 Å². The summed E-state index contributed by atoms with van der Waals surface area (Å²) >= 11 is 0. The summed E-state index contributed by atoms with van der Waals surface area (Å²) in [5, 5.41) is 0. The second-order valence-corrected chi connectivity index (χ2v) is 10.6. The monoisotopic (exact) mass is 527 g/mol. The van der Waals surface area contributed by atoms with Gasteiger partial charge < -0.3 is 19.3 Å². The molecule has 0 bridgehead atoms. The average molecular weight is 528 g/mol. The van der Waals surface area contributed by atoms with Gasteiger partial charge in [0.25, 0.3) is 5.91 Å². The second kappa shape index (κ2) is 11.1. The molecule has 4 rings (SSSR count). The molecule has 37 heavy (non-hydrogen) atoms. The normalized spacial score (nSPS) is 13.8. The van der Waals surface area contributed by atoms with Gasteiger partial charge in [0.2, 0.25) is 10.0 Å². The summed E-state index contributed by atoms with van der Waals surface area (Å²) in [4.78, 5) is 17.6. The number of benzene rings is 3. The molecule has 8 nitrogen and oxygen atoms in total. The van der Waals surface area contributed by atoms with Gasteiger partial charge in [0.05, 0.1) is 38.3 Å². The van der Waals surface area contributed by atoms with Crippen molar-refractivity contribution in [3.8, 4) is 11.5 Å². The van der Waals surface area contributed by atoms with Gasteiger partial charge in [-0.15, -0.1) is 0 Å². The maximum atomic E-state index is 13.8. The van der Waals surface area contributed by atoms with Crippen molar-refractivity contribution in [1.82, 2.24) is 4.90 Å². The van der Waals surface area contributed by atoms with E-state index in [1.807, 2.05) is 30.3 Å². The van der Waals surface area contributed by atoms with Gasteiger partial charge in [0.15, 0.2) is 11.5 Å². The van der Waals surface area contributed by atoms with Crippen LogP contribution in [0.5, 0.6) is 11.5 Å². The first-order valence-corrected chi connectivity index (χ1v) is 13.6. The zero-order valence-electron chi connectivity index (χ0n) is 21.1. The smallest absolute Gasteiger partial charge is 0.256 e. The highest BCUT2D eigenvalue weighted by molar-refractivity contribution is 7.92. The number of rotatable bonds is 8. The van der Waals surface area contributed by atoms with Crippen molar-refractivity contribution in [3.05, 3.63) is 83.7 Å². The summed E-state index contributed by atoms with van der Waals surface area (Å²) in [5.74, 6) is 0.0329. The topological polar surface area (TPSA) is 79.4 Å². The molecule has 0 unspecified atom stereocenters. The lowest BCUT2D eigenvalue weighted by Crippen LogP contribution is -2.49. The van der Waals surface area contributed by atoms with E-state index in [9.17, 15) is 17.6 Å². The van der Waals surface area contributed by atoms with Gasteiger partial charge in [-0.3, -0.25) is 9.10 Å². The van der Waals surface area contributed by atoms with E-state index in [0.717, 1.165) is 17.5 Å². The SMILES string of the molecule is COc1cc(C(=O)N2CCN(c3ccc(F)cc3)CC2)c(N(Cc2ccccc2)S(C)(=O)=O)cc1OC. The van der Waals surface area contributed by atoms with E-state index in [1.165, 1.54) is 42.8 Å². The minimum Gasteiger partial charge on any atom is -0.493 e. The molecule has 1 fully saturated rings. The molecule has 1 aliphatic heterocycles. The molecule has 0 saturated carbocycles. The van der Waals surface area contributed by atoms with Gasteiger partial charge in [-0.2, -0.15) is 0 Å². The Morgan fingerprint density at radius 1 is 0.919 bits per heavy atom. The van der Waals surface area contributed by atoms with Crippen molar-refractivity contribution in [1.29, 1.82) is 0 Å². The fraction of sp³-hybridized carbons (Fsp3) is 0.296. The largest absolute Gasteiger partial charge is 0.493 e. The molecule has 0 aromatic heterocycles. The third-order valence-corrected chi connectivity index (χ3v) is 7.46. The summed E-state index contributed by atoms with van der Waals surface area (Å²) in [6, 6.07) is 18.5. The standard InChI is InChI=1S/C27H30FN3O5S/c1-35-25-17-23(27(32)30-15-13-29(14-16-30)22-11-9-21(28)10-12-22)24(18-26(25)36-2)31(37(3,33)34)19-20-7-5-4-6-8-20/h4-12,17-18H,13-16,19H2,1-3H3. The molecule has 1 aliphatic rings. The zero-order valence-corrected chi connectivity index (χ0v) is 21.9. The van der Waals surface area contributed by atoms with E-state index >= 15 is 0 Å². The average Bonchev–Trinajstić information content (AvgIpc) is 2.91. The van der Waals surface area contributed by atoms with Gasteiger partial charge in [-0.05, 0) is 35.9 Å². The maximum absolute atomic E-state index is 13.8. The molecule has 10 heteroatoms. The third kappa shape index (κ3) is 5.96. The van der Waals surface area contributed by atoms with Crippen molar-refractivity contribution in [3.63, 3.8) is 0 Å². The van der Waals surface area contributed by atoms with E-state index < -0.39 is 10.0 Å². The van der Waals surface area contributed by atoms with Crippen molar-refractivity contribution in [2.75, 3.05) is 55.9 Å². The number of piperazine rings is 1. The van der Waals surface area contributed by atoms with Crippen molar-refractivity contribution >= 4 is 27.3 Å². The first kappa shape index (κ1) is 26.3. The Kier molecular flexibility index (Phi) is 7.87. The van der Waals surface area contributed by atoms with Crippen LogP contribution in [-0.4, -0.2) is 65.9 Å². The minimum atomic E-state index is -3.77. The third-order valence-electron chi connectivity index (χ3n) is 6.33. The highest BCUT2D eigenvalue weighted by Gasteiger charge is 2.30. The maximum Gasteiger partial charge on any atom is 0.256 e. The van der Waals surface area contributed by atoms with Crippen LogP contribution in [0.4, 0.5) is 15.8 Å². The van der Waals surface area contributed by atoms with Crippen LogP contribution < -0.4 is 18.7 Å². The lowest BCUT2D eigenvalue weighted by atomic mass is 10.1. The molecule has 196 valence electrons. The summed E-state index contributed by atoms with van der Waals surface area (Å²) in [6.45, 7) is 2.00. The van der Waals surface area contributed by atoms with E-state index in [4.69, 9.17) is 9.47 Å². The summed E-state index contributed by atoms with van der Waals surface area (Å²) in [6.07, 6.45) is 1.11. The Morgan fingerprint density at radius 3 is 2.08 bits per heavy atom. The second-order valence-electron chi connectivity index (χ2n) is 8.74. The number of carbonyl (C=O) groups is 1. The van der Waals surface area contributed by atoms with Gasteiger partial charge in [-0.25, -0.2) is 12.8 Å². The number of methoxy groups -OCH3 is 2. The van der Waals surface area contributed by atoms with Crippen LogP contribution in [0.1, 0.15) is 15.9 Å². The van der Waals surface area contributed by atoms with Gasteiger partial charge in [-0.1, -0.05) is 30.3 Å². The Morgan fingerprint density at radius 2 is 1.51 bits per heavy atom. The quantitative estimate of drug-likeness (QED) is 0.444. The van der Waals surface area contributed by atoms with E-state index in [-0.39, 0.29) is 29.5 Å². The number of hydrogen-bond donors (Lipinski definition) is 0. The van der Waals surface area contributed by atoms with Crippen LogP contribution >= 0.6 is 0 Å². The zero-order chi connectivity index (χ0) is 26.6. The van der Waals surface area contributed by atoms with Crippen molar-refractivity contribution in [2.45, 2.75) is 6.54 Å². The number of ether oxygens (including phenoxy) is 2. The lowest BCUT2D eigenvalue weighted by molar-refractivity contribution is 0.0747. The lowest BCUT2D eigenvalue weighted by Gasteiger charge is -2.37. The molecular formula is C27H30FN3O5S. The molecule has 1 amide bonds. The molecule has 3 aromatic carbocycles. The van der Waals surface area contributed by atoms with Crippen LogP contribution in [0.2, 0.25) is 0 Å². The molecule has 1 saturated heterocycles. The van der Waals surface area contributed by atoms with Crippen molar-refractivity contribution in [2.24, 2.45) is 0 Å².